The predicted octanol–water partition coefficient (Wildman–Crippen LogP) is 1.80. The van der Waals surface area contributed by atoms with Crippen LogP contribution >= 0.6 is 0 Å². The van der Waals surface area contributed by atoms with Crippen LogP contribution in [-0.2, 0) is 0 Å². The Morgan fingerprint density at radius 3 is 2.88 bits per heavy atom. The van der Waals surface area contributed by atoms with Gasteiger partial charge < -0.3 is 19.9 Å². The molecule has 0 aliphatic heterocycles. The Hall–Kier alpha value is -1.49. The summed E-state index contributed by atoms with van der Waals surface area (Å²) < 4.78 is 5.02. The zero-order valence-electron chi connectivity index (χ0n) is 9.27. The minimum atomic E-state index is -1.07. The number of nitrogens with one attached hydrogen (secondary N) is 1. The molecule has 0 fully saturated rings. The molecule has 1 unspecified atom stereocenters. The van der Waals surface area contributed by atoms with E-state index in [9.17, 15) is 4.79 Å². The first-order valence-electron chi connectivity index (χ1n) is 5.31. The molecular formula is C11H17NO4. The Balaban J connectivity index is 2.24. The lowest BCUT2D eigenvalue weighted by molar-refractivity contribution is 0.0663. The van der Waals surface area contributed by atoms with Gasteiger partial charge in [0.15, 0.2) is 5.88 Å². The van der Waals surface area contributed by atoms with Crippen molar-refractivity contribution in [3.63, 3.8) is 0 Å². The first-order chi connectivity index (χ1) is 7.63. The maximum absolute atomic E-state index is 10.5. The fraction of sp³-hybridized carbons (Fsp3) is 0.545. The summed E-state index contributed by atoms with van der Waals surface area (Å²) in [6, 6.07) is 3.01. The van der Waals surface area contributed by atoms with Crippen molar-refractivity contribution in [3.05, 3.63) is 17.9 Å². The second kappa shape index (κ2) is 6.17. The van der Waals surface area contributed by atoms with Gasteiger partial charge >= 0.3 is 5.97 Å². The topological polar surface area (TPSA) is 82.7 Å². The van der Waals surface area contributed by atoms with Crippen molar-refractivity contribution in [2.75, 3.05) is 18.5 Å². The van der Waals surface area contributed by atoms with Crippen LogP contribution in [0.3, 0.4) is 0 Å². The standard InChI is InChI=1S/C11H17NO4/c1-8(7-13)3-2-6-12-10-5-4-9(16-10)11(14)15/h4-5,8,12-13H,2-3,6-7H2,1H3,(H,14,15). The van der Waals surface area contributed by atoms with Crippen LogP contribution < -0.4 is 5.32 Å². The van der Waals surface area contributed by atoms with Crippen LogP contribution in [0.25, 0.3) is 0 Å². The lowest BCUT2D eigenvalue weighted by Crippen LogP contribution is -2.06. The summed E-state index contributed by atoms with van der Waals surface area (Å²) in [5, 5.41) is 20.4. The van der Waals surface area contributed by atoms with Crippen molar-refractivity contribution in [2.45, 2.75) is 19.8 Å². The average molecular weight is 227 g/mol. The summed E-state index contributed by atoms with van der Waals surface area (Å²) in [6.45, 7) is 2.89. The van der Waals surface area contributed by atoms with Gasteiger partial charge in [0.25, 0.3) is 0 Å². The van der Waals surface area contributed by atoms with Gasteiger partial charge in [-0.1, -0.05) is 6.92 Å². The molecule has 5 nitrogen and oxygen atoms in total. The number of rotatable bonds is 7. The van der Waals surface area contributed by atoms with Crippen molar-refractivity contribution in [1.82, 2.24) is 0 Å². The summed E-state index contributed by atoms with van der Waals surface area (Å²) in [5.74, 6) is -0.366. The molecule has 1 rings (SSSR count). The van der Waals surface area contributed by atoms with Crippen molar-refractivity contribution < 1.29 is 19.4 Å². The molecule has 0 amide bonds. The summed E-state index contributed by atoms with van der Waals surface area (Å²) in [4.78, 5) is 10.5. The first kappa shape index (κ1) is 12.6. The SMILES string of the molecule is CC(CO)CCCNc1ccc(C(=O)O)o1. The minimum Gasteiger partial charge on any atom is -0.475 e. The van der Waals surface area contributed by atoms with Crippen LogP contribution in [0.2, 0.25) is 0 Å². The lowest BCUT2D eigenvalue weighted by atomic mass is 10.1. The Bertz CT molecular complexity index is 334. The van der Waals surface area contributed by atoms with Crippen molar-refractivity contribution >= 4 is 11.9 Å². The van der Waals surface area contributed by atoms with Crippen LogP contribution in [0, 0.1) is 5.92 Å². The third kappa shape index (κ3) is 3.94. The molecule has 90 valence electrons. The smallest absolute Gasteiger partial charge is 0.371 e. The Morgan fingerprint density at radius 2 is 2.31 bits per heavy atom. The average Bonchev–Trinajstić information content (AvgIpc) is 2.72. The highest BCUT2D eigenvalue weighted by molar-refractivity contribution is 5.84. The molecule has 0 aliphatic rings. The highest BCUT2D eigenvalue weighted by Gasteiger charge is 2.08. The molecule has 0 aliphatic carbocycles. The van der Waals surface area contributed by atoms with Gasteiger partial charge in [-0.2, -0.15) is 0 Å². The second-order valence-electron chi connectivity index (χ2n) is 3.83. The van der Waals surface area contributed by atoms with Crippen molar-refractivity contribution in [3.8, 4) is 0 Å². The summed E-state index contributed by atoms with van der Waals surface area (Å²) >= 11 is 0. The fourth-order valence-electron chi connectivity index (χ4n) is 1.30. The van der Waals surface area contributed by atoms with Crippen molar-refractivity contribution in [1.29, 1.82) is 0 Å². The van der Waals surface area contributed by atoms with E-state index in [-0.39, 0.29) is 12.4 Å². The molecule has 16 heavy (non-hydrogen) atoms. The Labute approximate surface area is 94.1 Å². The van der Waals surface area contributed by atoms with E-state index in [1.165, 1.54) is 6.07 Å². The van der Waals surface area contributed by atoms with Crippen LogP contribution in [0.1, 0.15) is 30.3 Å². The second-order valence-corrected chi connectivity index (χ2v) is 3.83. The predicted molar refractivity (Wildman–Crippen MR) is 59.6 cm³/mol. The highest BCUT2D eigenvalue weighted by Crippen LogP contribution is 2.13. The van der Waals surface area contributed by atoms with Crippen LogP contribution in [-0.4, -0.2) is 29.3 Å². The molecule has 0 saturated carbocycles. The molecular weight excluding hydrogens is 210 g/mol. The molecule has 0 saturated heterocycles. The first-order valence-corrected chi connectivity index (χ1v) is 5.31. The normalized spacial score (nSPS) is 12.4. The molecule has 0 aromatic carbocycles. The molecule has 1 aromatic heterocycles. The zero-order valence-corrected chi connectivity index (χ0v) is 9.27. The minimum absolute atomic E-state index is 0.0637. The van der Waals surface area contributed by atoms with Crippen molar-refractivity contribution in [2.24, 2.45) is 5.92 Å². The third-order valence-electron chi connectivity index (χ3n) is 2.30. The van der Waals surface area contributed by atoms with Gasteiger partial charge in [0, 0.05) is 19.2 Å². The highest BCUT2D eigenvalue weighted by atomic mass is 16.4. The molecule has 3 N–H and O–H groups in total. The van der Waals surface area contributed by atoms with E-state index in [1.807, 2.05) is 6.92 Å². The number of carboxylic acids is 1. The molecule has 1 aromatic rings. The maximum Gasteiger partial charge on any atom is 0.371 e. The van der Waals surface area contributed by atoms with Crippen LogP contribution in [0.4, 0.5) is 5.88 Å². The van der Waals surface area contributed by atoms with Gasteiger partial charge in [-0.05, 0) is 24.8 Å². The number of hydrogen-bond donors (Lipinski definition) is 3. The number of carboxylic acid groups (broad SMARTS) is 1. The monoisotopic (exact) mass is 227 g/mol. The quantitative estimate of drug-likeness (QED) is 0.619. The molecule has 1 atom stereocenters. The van der Waals surface area contributed by atoms with Crippen LogP contribution in [0.15, 0.2) is 16.5 Å². The van der Waals surface area contributed by atoms with E-state index < -0.39 is 5.97 Å². The number of anilines is 1. The largest absolute Gasteiger partial charge is 0.475 e. The van der Waals surface area contributed by atoms with E-state index >= 15 is 0 Å². The van der Waals surface area contributed by atoms with Gasteiger partial charge in [0.1, 0.15) is 0 Å². The van der Waals surface area contributed by atoms with E-state index in [0.717, 1.165) is 12.8 Å². The molecule has 0 radical (unpaired) electrons. The van der Waals surface area contributed by atoms with E-state index in [1.54, 1.807) is 6.07 Å². The van der Waals surface area contributed by atoms with Gasteiger partial charge in [-0.15, -0.1) is 0 Å². The molecule has 0 bridgehead atoms. The zero-order chi connectivity index (χ0) is 12.0. The number of carbonyl (C=O) groups is 1. The third-order valence-corrected chi connectivity index (χ3v) is 2.30. The van der Waals surface area contributed by atoms with Gasteiger partial charge in [0.05, 0.1) is 0 Å². The molecule has 5 heteroatoms. The molecule has 0 spiro atoms. The van der Waals surface area contributed by atoms with Gasteiger partial charge in [-0.25, -0.2) is 4.79 Å². The number of furan rings is 1. The lowest BCUT2D eigenvalue weighted by Gasteiger charge is -2.07. The Morgan fingerprint density at radius 1 is 1.56 bits per heavy atom. The fourth-order valence-corrected chi connectivity index (χ4v) is 1.30. The van der Waals surface area contributed by atoms with Crippen LogP contribution in [0.5, 0.6) is 0 Å². The van der Waals surface area contributed by atoms with Gasteiger partial charge in [0.2, 0.25) is 5.76 Å². The number of aromatic carboxylic acids is 1. The van der Waals surface area contributed by atoms with E-state index in [0.29, 0.717) is 18.3 Å². The van der Waals surface area contributed by atoms with E-state index in [2.05, 4.69) is 5.32 Å². The summed E-state index contributed by atoms with van der Waals surface area (Å²) in [7, 11) is 0. The number of aliphatic hydroxyl groups excluding tert-OH is 1. The van der Waals surface area contributed by atoms with Gasteiger partial charge in [-0.3, -0.25) is 0 Å². The summed E-state index contributed by atoms with van der Waals surface area (Å²) in [6.07, 6.45) is 1.83. The summed E-state index contributed by atoms with van der Waals surface area (Å²) in [5.41, 5.74) is 0. The Kier molecular flexibility index (Phi) is 4.85. The van der Waals surface area contributed by atoms with E-state index in [4.69, 9.17) is 14.6 Å². The molecule has 1 heterocycles. The number of hydrogen-bond acceptors (Lipinski definition) is 4. The number of aliphatic hydroxyl groups is 1. The maximum atomic E-state index is 10.5.